The Balaban J connectivity index is 1.16. The summed E-state index contributed by atoms with van der Waals surface area (Å²) in [7, 11) is 0. The number of aromatic amines is 1. The highest BCUT2D eigenvalue weighted by atomic mass is 32.2. The SMILES string of the molecule is Cc1cc(N2CCCC2)ccc1NC(=O)CSc1nnc(-c2c[nH]c3ccccc23)n1C1CC1. The lowest BCUT2D eigenvalue weighted by Crippen LogP contribution is -2.18. The van der Waals surface area contributed by atoms with Crippen LogP contribution in [0.15, 0.2) is 53.8 Å². The van der Waals surface area contributed by atoms with Crippen molar-refractivity contribution in [2.75, 3.05) is 29.1 Å². The first-order valence-electron chi connectivity index (χ1n) is 12.0. The lowest BCUT2D eigenvalue weighted by molar-refractivity contribution is -0.113. The van der Waals surface area contributed by atoms with Crippen LogP contribution in [0, 0.1) is 6.92 Å². The molecule has 1 amide bonds. The molecule has 0 radical (unpaired) electrons. The smallest absolute Gasteiger partial charge is 0.234 e. The maximum atomic E-state index is 12.8. The largest absolute Gasteiger partial charge is 0.372 e. The summed E-state index contributed by atoms with van der Waals surface area (Å²) < 4.78 is 2.21. The summed E-state index contributed by atoms with van der Waals surface area (Å²) in [5.41, 5.74) is 5.34. The van der Waals surface area contributed by atoms with Gasteiger partial charge in [0.25, 0.3) is 0 Å². The van der Waals surface area contributed by atoms with E-state index in [1.807, 2.05) is 24.4 Å². The summed E-state index contributed by atoms with van der Waals surface area (Å²) in [5.74, 6) is 1.14. The number of amides is 1. The fourth-order valence-electron chi connectivity index (χ4n) is 4.75. The van der Waals surface area contributed by atoms with Gasteiger partial charge in [-0.1, -0.05) is 30.0 Å². The monoisotopic (exact) mass is 472 g/mol. The van der Waals surface area contributed by atoms with Gasteiger partial charge in [-0.05, 0) is 62.4 Å². The molecule has 2 aromatic heterocycles. The fourth-order valence-corrected chi connectivity index (χ4v) is 5.56. The highest BCUT2D eigenvalue weighted by molar-refractivity contribution is 7.99. The summed E-state index contributed by atoms with van der Waals surface area (Å²) >= 11 is 1.45. The Morgan fingerprint density at radius 3 is 2.76 bits per heavy atom. The minimum atomic E-state index is -0.0268. The van der Waals surface area contributed by atoms with Crippen molar-refractivity contribution in [3.05, 3.63) is 54.2 Å². The Bertz CT molecular complexity index is 1350. The van der Waals surface area contributed by atoms with Gasteiger partial charge in [0.15, 0.2) is 11.0 Å². The Kier molecular flexibility index (Phi) is 5.53. The minimum Gasteiger partial charge on any atom is -0.372 e. The molecule has 2 fully saturated rings. The molecule has 34 heavy (non-hydrogen) atoms. The van der Waals surface area contributed by atoms with Crippen LogP contribution >= 0.6 is 11.8 Å². The molecule has 6 rings (SSSR count). The van der Waals surface area contributed by atoms with Crippen LogP contribution in [-0.2, 0) is 4.79 Å². The number of para-hydroxylation sites is 1. The third kappa shape index (κ3) is 4.07. The third-order valence-electron chi connectivity index (χ3n) is 6.69. The number of nitrogens with zero attached hydrogens (tertiary/aromatic N) is 4. The van der Waals surface area contributed by atoms with Gasteiger partial charge < -0.3 is 15.2 Å². The van der Waals surface area contributed by atoms with Crippen LogP contribution in [0.2, 0.25) is 0 Å². The Morgan fingerprint density at radius 2 is 1.97 bits per heavy atom. The number of rotatable bonds is 7. The number of carbonyl (C=O) groups is 1. The van der Waals surface area contributed by atoms with Crippen molar-refractivity contribution in [1.82, 2.24) is 19.7 Å². The van der Waals surface area contributed by atoms with Gasteiger partial charge in [-0.15, -0.1) is 10.2 Å². The van der Waals surface area contributed by atoms with Crippen molar-refractivity contribution in [3.8, 4) is 11.4 Å². The van der Waals surface area contributed by atoms with Crippen molar-refractivity contribution in [2.45, 2.75) is 43.8 Å². The van der Waals surface area contributed by atoms with Crippen LogP contribution in [0.5, 0.6) is 0 Å². The first-order valence-corrected chi connectivity index (χ1v) is 13.0. The van der Waals surface area contributed by atoms with Crippen molar-refractivity contribution >= 4 is 39.9 Å². The molecule has 4 aromatic rings. The van der Waals surface area contributed by atoms with Crippen LogP contribution in [0.1, 0.15) is 37.3 Å². The molecule has 3 heterocycles. The van der Waals surface area contributed by atoms with Crippen LogP contribution < -0.4 is 10.2 Å². The molecule has 8 heteroatoms. The highest BCUT2D eigenvalue weighted by Crippen LogP contribution is 2.42. The number of H-pyrrole nitrogens is 1. The summed E-state index contributed by atoms with van der Waals surface area (Å²) in [5, 5.41) is 14.0. The number of nitrogens with one attached hydrogen (secondary N) is 2. The first kappa shape index (κ1) is 21.3. The van der Waals surface area contributed by atoms with Gasteiger partial charge in [0.2, 0.25) is 5.91 Å². The number of fused-ring (bicyclic) bond motifs is 1. The Hall–Kier alpha value is -3.26. The van der Waals surface area contributed by atoms with Gasteiger partial charge >= 0.3 is 0 Å². The fraction of sp³-hybridized carbons (Fsp3) is 0.346. The molecule has 0 atom stereocenters. The molecule has 174 valence electrons. The topological polar surface area (TPSA) is 78.8 Å². The average Bonchev–Trinajstić information content (AvgIpc) is 3.24. The molecular formula is C26H28N6OS. The standard InChI is InChI=1S/C26H28N6OS/c1-17-14-19(31-12-4-5-13-31)10-11-22(17)28-24(33)16-34-26-30-29-25(32(26)18-8-9-18)21-15-27-23-7-3-2-6-20(21)23/h2-3,6-7,10-11,14-15,18,27H,4-5,8-9,12-13,16H2,1H3,(H,28,33). The summed E-state index contributed by atoms with van der Waals surface area (Å²) in [4.78, 5) is 18.5. The van der Waals surface area contributed by atoms with Crippen LogP contribution in [0.3, 0.4) is 0 Å². The minimum absolute atomic E-state index is 0.0268. The zero-order valence-corrected chi connectivity index (χ0v) is 20.1. The van der Waals surface area contributed by atoms with E-state index in [0.717, 1.165) is 64.6 Å². The van der Waals surface area contributed by atoms with E-state index in [0.29, 0.717) is 11.8 Å². The Labute approximate surface area is 202 Å². The highest BCUT2D eigenvalue weighted by Gasteiger charge is 2.31. The van der Waals surface area contributed by atoms with E-state index >= 15 is 0 Å². The van der Waals surface area contributed by atoms with Crippen molar-refractivity contribution in [2.24, 2.45) is 0 Å². The van der Waals surface area contributed by atoms with Gasteiger partial charge in [0.05, 0.1) is 5.75 Å². The second-order valence-corrected chi connectivity index (χ2v) is 10.1. The zero-order chi connectivity index (χ0) is 23.1. The van der Waals surface area contributed by atoms with E-state index in [1.165, 1.54) is 30.3 Å². The second-order valence-electron chi connectivity index (χ2n) is 9.19. The van der Waals surface area contributed by atoms with Crippen molar-refractivity contribution < 1.29 is 4.79 Å². The number of benzene rings is 2. The van der Waals surface area contributed by atoms with Crippen LogP contribution in [-0.4, -0.2) is 44.5 Å². The van der Waals surface area contributed by atoms with Gasteiger partial charge in [-0.3, -0.25) is 9.36 Å². The lowest BCUT2D eigenvalue weighted by atomic mass is 10.1. The molecule has 2 aliphatic rings. The number of aryl methyl sites for hydroxylation is 1. The maximum absolute atomic E-state index is 12.8. The number of carbonyl (C=O) groups excluding carboxylic acids is 1. The average molecular weight is 473 g/mol. The van der Waals surface area contributed by atoms with Crippen LogP contribution in [0.4, 0.5) is 11.4 Å². The molecule has 1 aliphatic carbocycles. The van der Waals surface area contributed by atoms with E-state index in [9.17, 15) is 4.79 Å². The predicted molar refractivity (Wildman–Crippen MR) is 138 cm³/mol. The normalized spacial score (nSPS) is 15.9. The van der Waals surface area contributed by atoms with Gasteiger partial charge in [0, 0.05) is 53.2 Å². The zero-order valence-electron chi connectivity index (χ0n) is 19.3. The number of anilines is 2. The van der Waals surface area contributed by atoms with E-state index in [4.69, 9.17) is 0 Å². The lowest BCUT2D eigenvalue weighted by Gasteiger charge is -2.19. The molecular weight excluding hydrogens is 444 g/mol. The quantitative estimate of drug-likeness (QED) is 0.352. The van der Waals surface area contributed by atoms with Gasteiger partial charge in [-0.25, -0.2) is 0 Å². The molecule has 2 aromatic carbocycles. The molecule has 7 nitrogen and oxygen atoms in total. The van der Waals surface area contributed by atoms with Crippen molar-refractivity contribution in [3.63, 3.8) is 0 Å². The molecule has 0 unspecified atom stereocenters. The molecule has 1 saturated heterocycles. The summed E-state index contributed by atoms with van der Waals surface area (Å²) in [6.45, 7) is 4.29. The second kappa shape index (κ2) is 8.83. The Morgan fingerprint density at radius 1 is 1.15 bits per heavy atom. The van der Waals surface area contributed by atoms with Crippen molar-refractivity contribution in [1.29, 1.82) is 0 Å². The first-order chi connectivity index (χ1) is 16.7. The number of thioether (sulfide) groups is 1. The molecule has 1 saturated carbocycles. The molecule has 1 aliphatic heterocycles. The third-order valence-corrected chi connectivity index (χ3v) is 7.64. The predicted octanol–water partition coefficient (Wildman–Crippen LogP) is 5.40. The summed E-state index contributed by atoms with van der Waals surface area (Å²) in [6, 6.07) is 14.9. The molecule has 0 spiro atoms. The van der Waals surface area contributed by atoms with Gasteiger partial charge in [-0.2, -0.15) is 0 Å². The van der Waals surface area contributed by atoms with Gasteiger partial charge in [0.1, 0.15) is 0 Å². The number of hydrogen-bond donors (Lipinski definition) is 2. The maximum Gasteiger partial charge on any atom is 0.234 e. The van der Waals surface area contributed by atoms with E-state index < -0.39 is 0 Å². The number of hydrogen-bond acceptors (Lipinski definition) is 5. The van der Waals surface area contributed by atoms with E-state index in [2.05, 4.69) is 61.2 Å². The van der Waals surface area contributed by atoms with Crippen LogP contribution in [0.25, 0.3) is 22.3 Å². The van der Waals surface area contributed by atoms with E-state index in [-0.39, 0.29) is 5.91 Å². The molecule has 2 N–H and O–H groups in total. The molecule has 0 bridgehead atoms. The summed E-state index contributed by atoms with van der Waals surface area (Å²) in [6.07, 6.45) is 6.75. The van der Waals surface area contributed by atoms with E-state index in [1.54, 1.807) is 0 Å². The number of aromatic nitrogens is 4.